The van der Waals surface area contributed by atoms with Crippen LogP contribution in [0.1, 0.15) is 23.3 Å². The summed E-state index contributed by atoms with van der Waals surface area (Å²) in [7, 11) is 3.39. The highest BCUT2D eigenvalue weighted by Crippen LogP contribution is 2.02. The number of aromatic carboxylic acids is 1. The van der Waals surface area contributed by atoms with Gasteiger partial charge >= 0.3 is 5.97 Å². The van der Waals surface area contributed by atoms with Crippen LogP contribution in [0.5, 0.6) is 0 Å². The molecule has 1 aromatic rings. The molecule has 0 radical (unpaired) electrons. The van der Waals surface area contributed by atoms with Crippen LogP contribution < -0.4 is 0 Å². The monoisotopic (exact) mass is 225 g/mol. The van der Waals surface area contributed by atoms with Gasteiger partial charge in [-0.1, -0.05) is 0 Å². The molecule has 0 bridgehead atoms. The van der Waals surface area contributed by atoms with Crippen LogP contribution in [0.4, 0.5) is 0 Å². The van der Waals surface area contributed by atoms with E-state index in [0.29, 0.717) is 19.4 Å². The molecular weight excluding hydrogens is 210 g/mol. The summed E-state index contributed by atoms with van der Waals surface area (Å²) in [6, 6.07) is 1.44. The van der Waals surface area contributed by atoms with Crippen LogP contribution in [0.25, 0.3) is 0 Å². The van der Waals surface area contributed by atoms with E-state index in [9.17, 15) is 9.59 Å². The minimum absolute atomic E-state index is 0.0315. The van der Waals surface area contributed by atoms with Crippen molar-refractivity contribution in [2.75, 3.05) is 14.1 Å². The first-order valence-electron chi connectivity index (χ1n) is 4.97. The summed E-state index contributed by atoms with van der Waals surface area (Å²) in [4.78, 5) is 23.5. The van der Waals surface area contributed by atoms with Crippen molar-refractivity contribution >= 4 is 11.9 Å². The van der Waals surface area contributed by atoms with Gasteiger partial charge in [-0.3, -0.25) is 9.48 Å². The lowest BCUT2D eigenvalue weighted by atomic mass is 10.3. The zero-order chi connectivity index (χ0) is 12.1. The number of carboxylic acids is 1. The first-order valence-corrected chi connectivity index (χ1v) is 4.97. The zero-order valence-corrected chi connectivity index (χ0v) is 9.38. The summed E-state index contributed by atoms with van der Waals surface area (Å²) in [5, 5.41) is 12.7. The predicted molar refractivity (Wildman–Crippen MR) is 57.1 cm³/mol. The fourth-order valence-corrected chi connectivity index (χ4v) is 1.30. The van der Waals surface area contributed by atoms with E-state index >= 15 is 0 Å². The molecule has 1 amide bonds. The van der Waals surface area contributed by atoms with Crippen LogP contribution in [0.2, 0.25) is 0 Å². The molecule has 16 heavy (non-hydrogen) atoms. The topological polar surface area (TPSA) is 75.4 Å². The number of carboxylic acid groups (broad SMARTS) is 1. The lowest BCUT2D eigenvalue weighted by Crippen LogP contribution is -2.22. The van der Waals surface area contributed by atoms with Gasteiger partial charge in [0.1, 0.15) is 5.69 Å². The third kappa shape index (κ3) is 3.08. The van der Waals surface area contributed by atoms with E-state index in [1.165, 1.54) is 21.8 Å². The number of aryl methyl sites for hydroxylation is 1. The summed E-state index contributed by atoms with van der Waals surface area (Å²) < 4.78 is 1.39. The highest BCUT2D eigenvalue weighted by atomic mass is 16.4. The van der Waals surface area contributed by atoms with Gasteiger partial charge in [0.15, 0.2) is 0 Å². The summed E-state index contributed by atoms with van der Waals surface area (Å²) >= 11 is 0. The van der Waals surface area contributed by atoms with Crippen LogP contribution in [0, 0.1) is 0 Å². The Bertz CT molecular complexity index is 384. The van der Waals surface area contributed by atoms with E-state index in [1.54, 1.807) is 14.1 Å². The van der Waals surface area contributed by atoms with Crippen LogP contribution in [-0.2, 0) is 11.3 Å². The van der Waals surface area contributed by atoms with Crippen molar-refractivity contribution in [3.8, 4) is 0 Å². The Morgan fingerprint density at radius 2 is 2.19 bits per heavy atom. The van der Waals surface area contributed by atoms with Gasteiger partial charge in [0.2, 0.25) is 5.91 Å². The van der Waals surface area contributed by atoms with Crippen molar-refractivity contribution in [2.24, 2.45) is 0 Å². The molecule has 0 saturated heterocycles. The van der Waals surface area contributed by atoms with E-state index < -0.39 is 5.97 Å². The Morgan fingerprint density at radius 3 is 2.75 bits per heavy atom. The SMILES string of the molecule is CN(C)C(=O)CCCn1nccc1C(=O)O. The van der Waals surface area contributed by atoms with Gasteiger partial charge in [0.05, 0.1) is 0 Å². The average molecular weight is 225 g/mol. The van der Waals surface area contributed by atoms with Gasteiger partial charge in [-0.25, -0.2) is 4.79 Å². The normalized spacial score (nSPS) is 10.1. The average Bonchev–Trinajstić information content (AvgIpc) is 2.65. The molecule has 0 spiro atoms. The Labute approximate surface area is 93.5 Å². The van der Waals surface area contributed by atoms with Crippen molar-refractivity contribution in [3.05, 3.63) is 18.0 Å². The molecule has 6 heteroatoms. The molecule has 0 aliphatic heterocycles. The Morgan fingerprint density at radius 1 is 1.50 bits per heavy atom. The first kappa shape index (κ1) is 12.2. The molecule has 1 N–H and O–H groups in total. The molecule has 6 nitrogen and oxygen atoms in total. The second kappa shape index (κ2) is 5.29. The van der Waals surface area contributed by atoms with Crippen LogP contribution >= 0.6 is 0 Å². The van der Waals surface area contributed by atoms with Crippen molar-refractivity contribution in [1.82, 2.24) is 14.7 Å². The largest absolute Gasteiger partial charge is 0.477 e. The highest BCUT2D eigenvalue weighted by molar-refractivity contribution is 5.85. The molecule has 1 rings (SSSR count). The highest BCUT2D eigenvalue weighted by Gasteiger charge is 2.10. The van der Waals surface area contributed by atoms with Crippen molar-refractivity contribution in [3.63, 3.8) is 0 Å². The van der Waals surface area contributed by atoms with E-state index in [1.807, 2.05) is 0 Å². The molecule has 0 aromatic carbocycles. The third-order valence-electron chi connectivity index (χ3n) is 2.20. The molecule has 0 aliphatic rings. The molecule has 88 valence electrons. The van der Waals surface area contributed by atoms with Gasteiger partial charge in [-0.2, -0.15) is 5.10 Å². The molecule has 1 aromatic heterocycles. The Balaban J connectivity index is 2.46. The predicted octanol–water partition coefficient (Wildman–Crippen LogP) is 0.450. The number of hydrogen-bond donors (Lipinski definition) is 1. The second-order valence-corrected chi connectivity index (χ2v) is 3.64. The standard InChI is InChI=1S/C10H15N3O3/c1-12(2)9(14)4-3-7-13-8(10(15)16)5-6-11-13/h5-6H,3-4,7H2,1-2H3,(H,15,16). The van der Waals surface area contributed by atoms with E-state index in [-0.39, 0.29) is 11.6 Å². The first-order chi connectivity index (χ1) is 7.52. The van der Waals surface area contributed by atoms with E-state index in [0.717, 1.165) is 0 Å². The van der Waals surface area contributed by atoms with Gasteiger partial charge in [0.25, 0.3) is 0 Å². The van der Waals surface area contributed by atoms with E-state index in [2.05, 4.69) is 5.10 Å². The maximum atomic E-state index is 11.3. The van der Waals surface area contributed by atoms with Crippen molar-refractivity contribution in [1.29, 1.82) is 0 Å². The smallest absolute Gasteiger partial charge is 0.354 e. The van der Waals surface area contributed by atoms with Gasteiger partial charge < -0.3 is 10.0 Å². The molecule has 0 atom stereocenters. The lowest BCUT2D eigenvalue weighted by molar-refractivity contribution is -0.128. The minimum atomic E-state index is -1.00. The summed E-state index contributed by atoms with van der Waals surface area (Å²) in [5.41, 5.74) is 0.150. The van der Waals surface area contributed by atoms with Crippen LogP contribution in [0.15, 0.2) is 12.3 Å². The number of carbonyl (C=O) groups excluding carboxylic acids is 1. The maximum Gasteiger partial charge on any atom is 0.354 e. The molecule has 0 fully saturated rings. The number of amides is 1. The zero-order valence-electron chi connectivity index (χ0n) is 9.38. The van der Waals surface area contributed by atoms with Crippen molar-refractivity contribution < 1.29 is 14.7 Å². The van der Waals surface area contributed by atoms with Crippen LogP contribution in [0.3, 0.4) is 0 Å². The number of rotatable bonds is 5. The molecular formula is C10H15N3O3. The Kier molecular flexibility index (Phi) is 4.04. The number of nitrogens with zero attached hydrogens (tertiary/aromatic N) is 3. The second-order valence-electron chi connectivity index (χ2n) is 3.64. The van der Waals surface area contributed by atoms with Gasteiger partial charge in [0, 0.05) is 33.3 Å². The van der Waals surface area contributed by atoms with Crippen molar-refractivity contribution in [2.45, 2.75) is 19.4 Å². The summed E-state index contributed by atoms with van der Waals surface area (Å²) in [6.45, 7) is 0.439. The molecule has 1 heterocycles. The number of aromatic nitrogens is 2. The maximum absolute atomic E-state index is 11.3. The van der Waals surface area contributed by atoms with Crippen LogP contribution in [-0.4, -0.2) is 45.8 Å². The van der Waals surface area contributed by atoms with E-state index in [4.69, 9.17) is 5.11 Å². The molecule has 0 saturated carbocycles. The summed E-state index contributed by atoms with van der Waals surface area (Å²) in [6.07, 6.45) is 2.42. The van der Waals surface area contributed by atoms with Gasteiger partial charge in [-0.15, -0.1) is 0 Å². The molecule has 0 unspecified atom stereocenters. The Hall–Kier alpha value is -1.85. The fraction of sp³-hybridized carbons (Fsp3) is 0.500. The quantitative estimate of drug-likeness (QED) is 0.789. The lowest BCUT2D eigenvalue weighted by Gasteiger charge is -2.10. The van der Waals surface area contributed by atoms with Gasteiger partial charge in [-0.05, 0) is 12.5 Å². The number of hydrogen-bond acceptors (Lipinski definition) is 3. The summed E-state index contributed by atoms with van der Waals surface area (Å²) in [5.74, 6) is -0.972. The third-order valence-corrected chi connectivity index (χ3v) is 2.20. The number of carbonyl (C=O) groups is 2. The fourth-order valence-electron chi connectivity index (χ4n) is 1.30. The molecule has 0 aliphatic carbocycles. The minimum Gasteiger partial charge on any atom is -0.477 e.